The van der Waals surface area contributed by atoms with Crippen LogP contribution in [0.4, 0.5) is 0 Å². The van der Waals surface area contributed by atoms with Crippen LogP contribution in [0.1, 0.15) is 72.1 Å². The molecular weight excluding hydrogens is 246 g/mol. The summed E-state index contributed by atoms with van der Waals surface area (Å²) in [5, 5.41) is 0. The second-order valence-corrected chi connectivity index (χ2v) is 8.53. The molecule has 0 N–H and O–H groups in total. The number of ether oxygens (including phenoxy) is 1. The molecule has 0 bridgehead atoms. The van der Waals surface area contributed by atoms with Crippen molar-refractivity contribution in [2.24, 2.45) is 17.3 Å². The van der Waals surface area contributed by atoms with Crippen LogP contribution in [0.5, 0.6) is 0 Å². The van der Waals surface area contributed by atoms with Gasteiger partial charge in [-0.3, -0.25) is 4.90 Å². The van der Waals surface area contributed by atoms with Crippen LogP contribution in [-0.2, 0) is 4.74 Å². The van der Waals surface area contributed by atoms with Crippen molar-refractivity contribution in [1.82, 2.24) is 4.90 Å². The van der Waals surface area contributed by atoms with Crippen molar-refractivity contribution in [1.29, 1.82) is 0 Å². The Kier molecular flexibility index (Phi) is 4.42. The van der Waals surface area contributed by atoms with Gasteiger partial charge >= 0.3 is 0 Å². The normalized spacial score (nSPS) is 37.6. The lowest BCUT2D eigenvalue weighted by molar-refractivity contribution is -0.144. The van der Waals surface area contributed by atoms with E-state index in [1.807, 2.05) is 0 Å². The first-order valence-electron chi connectivity index (χ1n) is 8.89. The number of rotatable bonds is 1. The number of fused-ring (bicyclic) bond motifs is 1. The third-order valence-corrected chi connectivity index (χ3v) is 6.15. The molecule has 2 aliphatic carbocycles. The van der Waals surface area contributed by atoms with Crippen molar-refractivity contribution in [3.05, 3.63) is 0 Å². The van der Waals surface area contributed by atoms with Crippen LogP contribution in [-0.4, -0.2) is 30.3 Å². The van der Waals surface area contributed by atoms with Crippen molar-refractivity contribution < 1.29 is 4.74 Å². The average molecular weight is 279 g/mol. The van der Waals surface area contributed by atoms with Gasteiger partial charge in [-0.2, -0.15) is 0 Å². The fourth-order valence-electron chi connectivity index (χ4n) is 4.68. The first kappa shape index (κ1) is 14.8. The van der Waals surface area contributed by atoms with Crippen LogP contribution in [0.15, 0.2) is 0 Å². The fraction of sp³-hybridized carbons (Fsp3) is 1.00. The zero-order chi connectivity index (χ0) is 14.2. The smallest absolute Gasteiger partial charge is 0.0996 e. The standard InChI is InChI=1S/C18H33NO/c1-18(2,3)15-9-10-17-14(11-15)12-19(13-20-17)16-7-5-4-6-8-16/h14-17H,4-13H2,1-3H3. The monoisotopic (exact) mass is 279 g/mol. The Morgan fingerprint density at radius 2 is 1.70 bits per heavy atom. The van der Waals surface area contributed by atoms with Crippen LogP contribution in [0.25, 0.3) is 0 Å². The summed E-state index contributed by atoms with van der Waals surface area (Å²) >= 11 is 0. The van der Waals surface area contributed by atoms with Crippen LogP contribution in [0.2, 0.25) is 0 Å². The van der Waals surface area contributed by atoms with Gasteiger partial charge in [0.15, 0.2) is 0 Å². The summed E-state index contributed by atoms with van der Waals surface area (Å²) in [5.74, 6) is 1.68. The fourth-order valence-corrected chi connectivity index (χ4v) is 4.68. The molecule has 1 saturated heterocycles. The quantitative estimate of drug-likeness (QED) is 0.703. The largest absolute Gasteiger partial charge is 0.363 e. The highest BCUT2D eigenvalue weighted by Crippen LogP contribution is 2.43. The van der Waals surface area contributed by atoms with Crippen molar-refractivity contribution in [3.63, 3.8) is 0 Å². The molecule has 2 saturated carbocycles. The average Bonchev–Trinajstić information content (AvgIpc) is 2.46. The predicted molar refractivity (Wildman–Crippen MR) is 83.6 cm³/mol. The Labute approximate surface area is 125 Å². The van der Waals surface area contributed by atoms with E-state index in [-0.39, 0.29) is 0 Å². The predicted octanol–water partition coefficient (Wildman–Crippen LogP) is 4.44. The van der Waals surface area contributed by atoms with Gasteiger partial charge < -0.3 is 4.74 Å². The van der Waals surface area contributed by atoms with Gasteiger partial charge in [0.2, 0.25) is 0 Å². The van der Waals surface area contributed by atoms with E-state index in [2.05, 4.69) is 25.7 Å². The van der Waals surface area contributed by atoms with Gasteiger partial charge in [0, 0.05) is 12.6 Å². The third-order valence-electron chi connectivity index (χ3n) is 6.15. The van der Waals surface area contributed by atoms with Gasteiger partial charge in [0.1, 0.15) is 0 Å². The summed E-state index contributed by atoms with van der Waals surface area (Å²) in [6.07, 6.45) is 11.7. The van der Waals surface area contributed by atoms with E-state index < -0.39 is 0 Å². The summed E-state index contributed by atoms with van der Waals surface area (Å²) in [6.45, 7) is 9.47. The second kappa shape index (κ2) is 5.96. The van der Waals surface area contributed by atoms with Gasteiger partial charge in [-0.05, 0) is 49.4 Å². The molecule has 0 spiro atoms. The minimum absolute atomic E-state index is 0.470. The summed E-state index contributed by atoms with van der Waals surface area (Å²) in [5.41, 5.74) is 0.470. The third kappa shape index (κ3) is 3.22. The molecule has 3 fully saturated rings. The van der Waals surface area contributed by atoms with E-state index >= 15 is 0 Å². The Hall–Kier alpha value is -0.0800. The van der Waals surface area contributed by atoms with Crippen molar-refractivity contribution in [2.75, 3.05) is 13.3 Å². The SMILES string of the molecule is CC(C)(C)C1CCC2OCN(C3CCCCC3)CC2C1. The maximum atomic E-state index is 6.23. The summed E-state index contributed by atoms with van der Waals surface area (Å²) < 4.78 is 6.23. The Morgan fingerprint density at radius 3 is 2.40 bits per heavy atom. The lowest BCUT2D eigenvalue weighted by Crippen LogP contribution is -2.52. The molecular formula is C18H33NO. The van der Waals surface area contributed by atoms with Gasteiger partial charge in [-0.1, -0.05) is 40.0 Å². The molecule has 3 aliphatic rings. The molecule has 1 heterocycles. The summed E-state index contributed by atoms with van der Waals surface area (Å²) in [6, 6.07) is 0.819. The molecule has 0 radical (unpaired) electrons. The number of nitrogens with zero attached hydrogens (tertiary/aromatic N) is 1. The molecule has 3 rings (SSSR count). The summed E-state index contributed by atoms with van der Waals surface area (Å²) in [7, 11) is 0. The highest BCUT2D eigenvalue weighted by atomic mass is 16.5. The number of hydrogen-bond acceptors (Lipinski definition) is 2. The minimum atomic E-state index is 0.470. The maximum absolute atomic E-state index is 6.23. The van der Waals surface area contributed by atoms with E-state index in [9.17, 15) is 0 Å². The number of hydrogen-bond donors (Lipinski definition) is 0. The zero-order valence-corrected chi connectivity index (χ0v) is 13.7. The first-order valence-corrected chi connectivity index (χ1v) is 8.89. The highest BCUT2D eigenvalue weighted by Gasteiger charge is 2.40. The summed E-state index contributed by atoms with van der Waals surface area (Å²) in [4.78, 5) is 2.67. The van der Waals surface area contributed by atoms with Gasteiger partial charge in [0.05, 0.1) is 12.8 Å². The topological polar surface area (TPSA) is 12.5 Å². The molecule has 1 aliphatic heterocycles. The Morgan fingerprint density at radius 1 is 0.950 bits per heavy atom. The molecule has 0 aromatic carbocycles. The molecule has 0 amide bonds. The Bertz CT molecular complexity index is 316. The van der Waals surface area contributed by atoms with E-state index in [0.717, 1.165) is 24.6 Å². The molecule has 3 atom stereocenters. The Balaban J connectivity index is 1.59. The van der Waals surface area contributed by atoms with E-state index in [1.165, 1.54) is 57.9 Å². The van der Waals surface area contributed by atoms with E-state index in [1.54, 1.807) is 0 Å². The van der Waals surface area contributed by atoms with Crippen molar-refractivity contribution in [2.45, 2.75) is 84.3 Å². The molecule has 3 unspecified atom stereocenters. The van der Waals surface area contributed by atoms with Gasteiger partial charge in [-0.25, -0.2) is 0 Å². The molecule has 2 heteroatoms. The first-order chi connectivity index (χ1) is 9.54. The zero-order valence-electron chi connectivity index (χ0n) is 13.7. The van der Waals surface area contributed by atoms with Crippen LogP contribution in [0, 0.1) is 17.3 Å². The lowest BCUT2D eigenvalue weighted by atomic mass is 9.67. The highest BCUT2D eigenvalue weighted by molar-refractivity contribution is 4.90. The van der Waals surface area contributed by atoms with Crippen LogP contribution >= 0.6 is 0 Å². The van der Waals surface area contributed by atoms with Gasteiger partial charge in [-0.15, -0.1) is 0 Å². The van der Waals surface area contributed by atoms with E-state index in [0.29, 0.717) is 11.5 Å². The lowest BCUT2D eigenvalue weighted by Gasteiger charge is -2.48. The minimum Gasteiger partial charge on any atom is -0.363 e. The van der Waals surface area contributed by atoms with Crippen molar-refractivity contribution in [3.8, 4) is 0 Å². The van der Waals surface area contributed by atoms with Crippen LogP contribution in [0.3, 0.4) is 0 Å². The maximum Gasteiger partial charge on any atom is 0.0996 e. The van der Waals surface area contributed by atoms with Crippen molar-refractivity contribution >= 4 is 0 Å². The van der Waals surface area contributed by atoms with Crippen LogP contribution < -0.4 is 0 Å². The molecule has 2 nitrogen and oxygen atoms in total. The molecule has 0 aromatic rings. The molecule has 0 aromatic heterocycles. The van der Waals surface area contributed by atoms with E-state index in [4.69, 9.17) is 4.74 Å². The molecule has 20 heavy (non-hydrogen) atoms. The molecule has 116 valence electrons. The van der Waals surface area contributed by atoms with Gasteiger partial charge in [0.25, 0.3) is 0 Å². The second-order valence-electron chi connectivity index (χ2n) is 8.53.